The van der Waals surface area contributed by atoms with Gasteiger partial charge in [-0.25, -0.2) is 0 Å². The Kier molecular flexibility index (Phi) is 6.39. The molecule has 0 aliphatic carbocycles. The lowest BCUT2D eigenvalue weighted by atomic mass is 10.3. The topological polar surface area (TPSA) is 74.1 Å². The SMILES string of the molecule is O=[N+]([O-])c1cccc(OCCOCCN2CCOCC2)c1. The second kappa shape index (κ2) is 8.56. The Bertz CT molecular complexity index is 449. The van der Waals surface area contributed by atoms with Crippen LogP contribution < -0.4 is 4.74 Å². The molecular formula is C14H20N2O5. The van der Waals surface area contributed by atoms with Crippen LogP contribution >= 0.6 is 0 Å². The highest BCUT2D eigenvalue weighted by molar-refractivity contribution is 5.37. The maximum absolute atomic E-state index is 10.6. The van der Waals surface area contributed by atoms with E-state index in [2.05, 4.69) is 4.90 Å². The van der Waals surface area contributed by atoms with Gasteiger partial charge in [-0.15, -0.1) is 0 Å². The molecule has 0 radical (unpaired) electrons. The summed E-state index contributed by atoms with van der Waals surface area (Å²) in [6, 6.07) is 6.15. The van der Waals surface area contributed by atoms with Gasteiger partial charge in [-0.2, -0.15) is 0 Å². The molecule has 2 rings (SSSR count). The van der Waals surface area contributed by atoms with Crippen LogP contribution in [0.5, 0.6) is 5.75 Å². The van der Waals surface area contributed by atoms with Crippen LogP contribution in [-0.4, -0.2) is 62.5 Å². The summed E-state index contributed by atoms with van der Waals surface area (Å²) in [6.45, 7) is 5.86. The third-order valence-electron chi connectivity index (χ3n) is 3.18. The largest absolute Gasteiger partial charge is 0.491 e. The number of hydrogen-bond acceptors (Lipinski definition) is 6. The molecule has 1 aromatic rings. The summed E-state index contributed by atoms with van der Waals surface area (Å²) in [5.41, 5.74) is 0.0285. The predicted octanol–water partition coefficient (Wildman–Crippen LogP) is 1.32. The molecule has 0 spiro atoms. The van der Waals surface area contributed by atoms with Crippen molar-refractivity contribution in [2.75, 3.05) is 52.7 Å². The van der Waals surface area contributed by atoms with Gasteiger partial charge in [0.05, 0.1) is 37.4 Å². The van der Waals surface area contributed by atoms with Crippen LogP contribution in [0.1, 0.15) is 0 Å². The molecule has 1 aromatic carbocycles. The lowest BCUT2D eigenvalue weighted by Gasteiger charge is -2.26. The first-order valence-corrected chi connectivity index (χ1v) is 7.01. The van der Waals surface area contributed by atoms with E-state index in [1.807, 2.05) is 0 Å². The summed E-state index contributed by atoms with van der Waals surface area (Å²) in [5.74, 6) is 0.487. The number of nitrogens with zero attached hydrogens (tertiary/aromatic N) is 2. The quantitative estimate of drug-likeness (QED) is 0.409. The molecule has 0 N–H and O–H groups in total. The van der Waals surface area contributed by atoms with E-state index in [0.717, 1.165) is 32.8 Å². The fourth-order valence-corrected chi connectivity index (χ4v) is 2.03. The average molecular weight is 296 g/mol. The minimum atomic E-state index is -0.439. The van der Waals surface area contributed by atoms with Gasteiger partial charge in [0.25, 0.3) is 5.69 Å². The van der Waals surface area contributed by atoms with Crippen molar-refractivity contribution in [2.45, 2.75) is 0 Å². The van der Waals surface area contributed by atoms with E-state index >= 15 is 0 Å². The summed E-state index contributed by atoms with van der Waals surface area (Å²) >= 11 is 0. The van der Waals surface area contributed by atoms with E-state index in [1.54, 1.807) is 12.1 Å². The second-order valence-corrected chi connectivity index (χ2v) is 4.67. The zero-order valence-corrected chi connectivity index (χ0v) is 11.9. The Morgan fingerprint density at radius 3 is 2.81 bits per heavy atom. The van der Waals surface area contributed by atoms with Crippen molar-refractivity contribution in [3.05, 3.63) is 34.4 Å². The van der Waals surface area contributed by atoms with E-state index in [4.69, 9.17) is 14.2 Å². The van der Waals surface area contributed by atoms with E-state index < -0.39 is 4.92 Å². The number of non-ortho nitro benzene ring substituents is 1. The molecule has 7 nitrogen and oxygen atoms in total. The fraction of sp³-hybridized carbons (Fsp3) is 0.571. The number of hydrogen-bond donors (Lipinski definition) is 0. The zero-order chi connectivity index (χ0) is 14.9. The van der Waals surface area contributed by atoms with Crippen LogP contribution in [0.15, 0.2) is 24.3 Å². The molecule has 0 unspecified atom stereocenters. The number of rotatable bonds is 8. The molecule has 0 amide bonds. The van der Waals surface area contributed by atoms with E-state index in [9.17, 15) is 10.1 Å². The zero-order valence-electron chi connectivity index (χ0n) is 11.9. The normalized spacial score (nSPS) is 15.8. The van der Waals surface area contributed by atoms with Crippen LogP contribution in [-0.2, 0) is 9.47 Å². The van der Waals surface area contributed by atoms with Gasteiger partial charge in [0.1, 0.15) is 12.4 Å². The Morgan fingerprint density at radius 1 is 1.24 bits per heavy atom. The lowest BCUT2D eigenvalue weighted by molar-refractivity contribution is -0.384. The molecule has 0 atom stereocenters. The van der Waals surface area contributed by atoms with Crippen LogP contribution in [0, 0.1) is 10.1 Å². The van der Waals surface area contributed by atoms with Crippen LogP contribution in [0.25, 0.3) is 0 Å². The van der Waals surface area contributed by atoms with Gasteiger partial charge in [-0.3, -0.25) is 15.0 Å². The standard InChI is InChI=1S/C14H20N2O5/c17-16(18)13-2-1-3-14(12-13)21-11-10-20-9-6-15-4-7-19-8-5-15/h1-3,12H,4-11H2. The average Bonchev–Trinajstić information content (AvgIpc) is 2.52. The number of ether oxygens (including phenoxy) is 3. The maximum atomic E-state index is 10.6. The molecule has 0 aromatic heterocycles. The first kappa shape index (κ1) is 15.7. The van der Waals surface area contributed by atoms with Crippen molar-refractivity contribution in [1.29, 1.82) is 0 Å². The van der Waals surface area contributed by atoms with Crippen LogP contribution in [0.2, 0.25) is 0 Å². The third kappa shape index (κ3) is 5.66. The van der Waals surface area contributed by atoms with Crippen LogP contribution in [0.4, 0.5) is 5.69 Å². The summed E-state index contributed by atoms with van der Waals surface area (Å²) in [6.07, 6.45) is 0. The molecule has 21 heavy (non-hydrogen) atoms. The molecular weight excluding hydrogens is 276 g/mol. The Hall–Kier alpha value is -1.70. The van der Waals surface area contributed by atoms with Gasteiger partial charge in [-0.1, -0.05) is 6.07 Å². The smallest absolute Gasteiger partial charge is 0.273 e. The lowest BCUT2D eigenvalue weighted by Crippen LogP contribution is -2.38. The van der Waals surface area contributed by atoms with Gasteiger partial charge in [0.15, 0.2) is 0 Å². The van der Waals surface area contributed by atoms with Gasteiger partial charge in [-0.05, 0) is 6.07 Å². The summed E-state index contributed by atoms with van der Waals surface area (Å²) in [5, 5.41) is 10.6. The summed E-state index contributed by atoms with van der Waals surface area (Å²) < 4.78 is 16.2. The Balaban J connectivity index is 1.57. The number of morpholine rings is 1. The predicted molar refractivity (Wildman–Crippen MR) is 76.7 cm³/mol. The van der Waals surface area contributed by atoms with Crippen molar-refractivity contribution in [3.8, 4) is 5.75 Å². The van der Waals surface area contributed by atoms with E-state index in [-0.39, 0.29) is 5.69 Å². The van der Waals surface area contributed by atoms with Crippen molar-refractivity contribution in [2.24, 2.45) is 0 Å². The fourth-order valence-electron chi connectivity index (χ4n) is 2.03. The molecule has 1 saturated heterocycles. The highest BCUT2D eigenvalue weighted by Gasteiger charge is 2.09. The Morgan fingerprint density at radius 2 is 2.05 bits per heavy atom. The first-order valence-electron chi connectivity index (χ1n) is 7.01. The minimum absolute atomic E-state index is 0.0285. The van der Waals surface area contributed by atoms with Gasteiger partial charge < -0.3 is 14.2 Å². The maximum Gasteiger partial charge on any atom is 0.273 e. The molecule has 116 valence electrons. The van der Waals surface area contributed by atoms with Gasteiger partial charge in [0.2, 0.25) is 0 Å². The molecule has 1 heterocycles. The van der Waals surface area contributed by atoms with Crippen LogP contribution in [0.3, 0.4) is 0 Å². The van der Waals surface area contributed by atoms with E-state index in [1.165, 1.54) is 12.1 Å². The first-order chi connectivity index (χ1) is 10.3. The number of benzene rings is 1. The minimum Gasteiger partial charge on any atom is -0.491 e. The molecule has 1 fully saturated rings. The second-order valence-electron chi connectivity index (χ2n) is 4.67. The number of nitro groups is 1. The van der Waals surface area contributed by atoms with Crippen molar-refractivity contribution < 1.29 is 19.1 Å². The van der Waals surface area contributed by atoms with Gasteiger partial charge in [0, 0.05) is 25.7 Å². The highest BCUT2D eigenvalue weighted by atomic mass is 16.6. The summed E-state index contributed by atoms with van der Waals surface area (Å²) in [4.78, 5) is 12.5. The highest BCUT2D eigenvalue weighted by Crippen LogP contribution is 2.18. The molecule has 1 aliphatic rings. The Labute approximate surface area is 123 Å². The summed E-state index contributed by atoms with van der Waals surface area (Å²) in [7, 11) is 0. The number of nitro benzene ring substituents is 1. The van der Waals surface area contributed by atoms with Gasteiger partial charge >= 0.3 is 0 Å². The van der Waals surface area contributed by atoms with Crippen molar-refractivity contribution in [1.82, 2.24) is 4.90 Å². The third-order valence-corrected chi connectivity index (χ3v) is 3.18. The molecule has 1 aliphatic heterocycles. The molecule has 0 saturated carbocycles. The van der Waals surface area contributed by atoms with Crippen molar-refractivity contribution in [3.63, 3.8) is 0 Å². The van der Waals surface area contributed by atoms with E-state index in [0.29, 0.717) is 25.6 Å². The van der Waals surface area contributed by atoms with Crippen molar-refractivity contribution >= 4 is 5.69 Å². The monoisotopic (exact) mass is 296 g/mol. The molecule has 0 bridgehead atoms. The molecule has 7 heteroatoms.